The summed E-state index contributed by atoms with van der Waals surface area (Å²) in [5, 5.41) is 6.89. The second-order valence-electron chi connectivity index (χ2n) is 6.48. The predicted octanol–water partition coefficient (Wildman–Crippen LogP) is 6.86. The third-order valence-electron chi connectivity index (χ3n) is 4.64. The molecule has 0 bridgehead atoms. The van der Waals surface area contributed by atoms with Crippen LogP contribution in [0.3, 0.4) is 0 Å². The van der Waals surface area contributed by atoms with Gasteiger partial charge in [-0.1, -0.05) is 67.7 Å². The fourth-order valence-electron chi connectivity index (χ4n) is 3.18. The van der Waals surface area contributed by atoms with Crippen molar-refractivity contribution < 1.29 is 4.79 Å². The van der Waals surface area contributed by atoms with Crippen molar-refractivity contribution in [1.29, 1.82) is 0 Å². The molecule has 0 aliphatic carbocycles. The summed E-state index contributed by atoms with van der Waals surface area (Å²) in [5.74, 6) is -0.142. The van der Waals surface area contributed by atoms with Crippen LogP contribution in [0.5, 0.6) is 0 Å². The molecular formula is C22H15Br2ClN2O. The molecule has 3 aromatic rings. The van der Waals surface area contributed by atoms with E-state index in [0.29, 0.717) is 17.0 Å². The Balaban J connectivity index is 1.72. The molecule has 0 unspecified atom stereocenters. The number of hydrogen-bond donors (Lipinski definition) is 0. The lowest BCUT2D eigenvalue weighted by Crippen LogP contribution is -2.27. The molecule has 140 valence electrons. The lowest BCUT2D eigenvalue weighted by molar-refractivity contribution is 0.0711. The maximum Gasteiger partial charge on any atom is 0.274 e. The van der Waals surface area contributed by atoms with Gasteiger partial charge in [0.15, 0.2) is 0 Å². The topological polar surface area (TPSA) is 32.7 Å². The number of amides is 1. The Morgan fingerprint density at radius 3 is 2.07 bits per heavy atom. The Hall–Kier alpha value is -1.95. The van der Waals surface area contributed by atoms with Crippen LogP contribution in [0.1, 0.15) is 33.9 Å². The number of nitrogens with zero attached hydrogens (tertiary/aromatic N) is 2. The fraction of sp³-hybridized carbons (Fsp3) is 0.0909. The molecule has 0 N–H and O–H groups in total. The van der Waals surface area contributed by atoms with Crippen LogP contribution in [0.4, 0.5) is 0 Å². The van der Waals surface area contributed by atoms with Crippen LogP contribution in [0.15, 0.2) is 86.8 Å². The number of carbonyl (C=O) groups excluding carboxylic acids is 1. The molecule has 0 spiro atoms. The zero-order valence-electron chi connectivity index (χ0n) is 14.6. The average Bonchev–Trinajstić information content (AvgIpc) is 3.14. The molecule has 1 atom stereocenters. The normalized spacial score (nSPS) is 16.2. The van der Waals surface area contributed by atoms with Crippen molar-refractivity contribution in [2.45, 2.75) is 12.5 Å². The van der Waals surface area contributed by atoms with Gasteiger partial charge in [0.05, 0.1) is 11.8 Å². The molecule has 28 heavy (non-hydrogen) atoms. The van der Waals surface area contributed by atoms with Gasteiger partial charge in [-0.2, -0.15) is 5.10 Å². The fourth-order valence-corrected chi connectivity index (χ4v) is 3.84. The molecule has 1 aliphatic rings. The number of carbonyl (C=O) groups is 1. The molecule has 1 amide bonds. The van der Waals surface area contributed by atoms with Gasteiger partial charge in [0.1, 0.15) is 0 Å². The number of benzene rings is 3. The van der Waals surface area contributed by atoms with Crippen molar-refractivity contribution >= 4 is 55.1 Å². The van der Waals surface area contributed by atoms with Gasteiger partial charge in [-0.25, -0.2) is 5.01 Å². The second-order valence-corrected chi connectivity index (χ2v) is 8.75. The van der Waals surface area contributed by atoms with Crippen molar-refractivity contribution in [3.63, 3.8) is 0 Å². The molecule has 6 heteroatoms. The zero-order chi connectivity index (χ0) is 19.7. The predicted molar refractivity (Wildman–Crippen MR) is 120 cm³/mol. The van der Waals surface area contributed by atoms with E-state index in [9.17, 15) is 4.79 Å². The Kier molecular flexibility index (Phi) is 5.67. The smallest absolute Gasteiger partial charge is 0.267 e. The van der Waals surface area contributed by atoms with Crippen LogP contribution in [0.2, 0.25) is 5.02 Å². The minimum absolute atomic E-state index is 0.142. The Morgan fingerprint density at radius 1 is 0.893 bits per heavy atom. The molecule has 0 saturated heterocycles. The maximum absolute atomic E-state index is 13.2. The van der Waals surface area contributed by atoms with Gasteiger partial charge in [-0.05, 0) is 59.7 Å². The van der Waals surface area contributed by atoms with Gasteiger partial charge >= 0.3 is 0 Å². The molecule has 3 aromatic carbocycles. The van der Waals surface area contributed by atoms with Crippen LogP contribution < -0.4 is 0 Å². The van der Waals surface area contributed by atoms with Crippen LogP contribution in [-0.2, 0) is 0 Å². The Morgan fingerprint density at radius 2 is 1.46 bits per heavy atom. The molecule has 1 heterocycles. The molecule has 0 fully saturated rings. The molecule has 0 saturated carbocycles. The summed E-state index contributed by atoms with van der Waals surface area (Å²) >= 11 is 12.9. The van der Waals surface area contributed by atoms with Crippen LogP contribution >= 0.6 is 43.5 Å². The minimum Gasteiger partial charge on any atom is -0.267 e. The molecule has 0 aromatic heterocycles. The number of rotatable bonds is 3. The lowest BCUT2D eigenvalue weighted by atomic mass is 9.98. The average molecular weight is 519 g/mol. The van der Waals surface area contributed by atoms with Gasteiger partial charge < -0.3 is 0 Å². The number of halogens is 3. The van der Waals surface area contributed by atoms with Crippen molar-refractivity contribution in [2.75, 3.05) is 0 Å². The van der Waals surface area contributed by atoms with Gasteiger partial charge in [0, 0.05) is 26.0 Å². The van der Waals surface area contributed by atoms with Crippen molar-refractivity contribution in [3.05, 3.63) is 103 Å². The van der Waals surface area contributed by atoms with Gasteiger partial charge in [0.2, 0.25) is 0 Å². The standard InChI is InChI=1S/C22H15Br2ClN2O/c23-17-7-1-14(2-8-17)20-13-21(15-3-9-18(24)10-4-15)27(26-20)22(28)16-5-11-19(25)12-6-16/h1-12,21H,13H2/t21-/m0/s1. The summed E-state index contributed by atoms with van der Waals surface area (Å²) in [6, 6.07) is 22.8. The van der Waals surface area contributed by atoms with E-state index < -0.39 is 0 Å². The van der Waals surface area contributed by atoms with Crippen LogP contribution in [-0.4, -0.2) is 16.6 Å². The Labute approximate surface area is 185 Å². The number of hydrazone groups is 1. The highest BCUT2D eigenvalue weighted by Crippen LogP contribution is 2.34. The van der Waals surface area contributed by atoms with Gasteiger partial charge in [-0.3, -0.25) is 4.79 Å². The first-order chi connectivity index (χ1) is 13.5. The summed E-state index contributed by atoms with van der Waals surface area (Å²) in [6.45, 7) is 0. The van der Waals surface area contributed by atoms with Crippen molar-refractivity contribution in [2.24, 2.45) is 5.10 Å². The summed E-state index contributed by atoms with van der Waals surface area (Å²) in [5.41, 5.74) is 3.51. The van der Waals surface area contributed by atoms with E-state index in [4.69, 9.17) is 16.7 Å². The first kappa shape index (κ1) is 19.4. The molecule has 3 nitrogen and oxygen atoms in total. The lowest BCUT2D eigenvalue weighted by Gasteiger charge is -2.22. The summed E-state index contributed by atoms with van der Waals surface area (Å²) in [6.07, 6.45) is 0.655. The van der Waals surface area contributed by atoms with E-state index in [1.165, 1.54) is 0 Å². The molecule has 1 aliphatic heterocycles. The maximum atomic E-state index is 13.2. The zero-order valence-corrected chi connectivity index (χ0v) is 18.6. The third kappa shape index (κ3) is 4.07. The van der Waals surface area contributed by atoms with Crippen LogP contribution in [0.25, 0.3) is 0 Å². The summed E-state index contributed by atoms with van der Waals surface area (Å²) < 4.78 is 2.01. The van der Waals surface area contributed by atoms with E-state index in [0.717, 1.165) is 25.8 Å². The monoisotopic (exact) mass is 516 g/mol. The van der Waals surface area contributed by atoms with Crippen molar-refractivity contribution in [3.8, 4) is 0 Å². The van der Waals surface area contributed by atoms with E-state index >= 15 is 0 Å². The quantitative estimate of drug-likeness (QED) is 0.373. The first-order valence-corrected chi connectivity index (χ1v) is 10.7. The van der Waals surface area contributed by atoms with E-state index in [-0.39, 0.29) is 11.9 Å². The van der Waals surface area contributed by atoms with E-state index in [1.807, 2.05) is 48.5 Å². The Bertz CT molecular complexity index is 1030. The largest absolute Gasteiger partial charge is 0.274 e. The third-order valence-corrected chi connectivity index (χ3v) is 5.95. The summed E-state index contributed by atoms with van der Waals surface area (Å²) in [7, 11) is 0. The highest BCUT2D eigenvalue weighted by Gasteiger charge is 2.33. The van der Waals surface area contributed by atoms with E-state index in [1.54, 1.807) is 29.3 Å². The highest BCUT2D eigenvalue weighted by atomic mass is 79.9. The van der Waals surface area contributed by atoms with Gasteiger partial charge in [-0.15, -0.1) is 0 Å². The first-order valence-electron chi connectivity index (χ1n) is 8.69. The highest BCUT2D eigenvalue weighted by molar-refractivity contribution is 9.10. The van der Waals surface area contributed by atoms with Gasteiger partial charge in [0.25, 0.3) is 5.91 Å². The second kappa shape index (κ2) is 8.19. The molecule has 4 rings (SSSR count). The summed E-state index contributed by atoms with van der Waals surface area (Å²) in [4.78, 5) is 13.2. The minimum atomic E-state index is -0.157. The SMILES string of the molecule is O=C(c1ccc(Cl)cc1)N1N=C(c2ccc(Br)cc2)C[C@H]1c1ccc(Br)cc1. The van der Waals surface area contributed by atoms with Crippen molar-refractivity contribution in [1.82, 2.24) is 5.01 Å². The van der Waals surface area contributed by atoms with E-state index in [2.05, 4.69) is 31.9 Å². The molecule has 0 radical (unpaired) electrons. The molecular weight excluding hydrogens is 504 g/mol. The van der Waals surface area contributed by atoms with Crippen LogP contribution in [0, 0.1) is 0 Å². The number of hydrogen-bond acceptors (Lipinski definition) is 2.